The van der Waals surface area contributed by atoms with Crippen LogP contribution in [-0.4, -0.2) is 22.6 Å². The summed E-state index contributed by atoms with van der Waals surface area (Å²) >= 11 is 17.5. The number of alkyl halides is 3. The number of hydrogen-bond acceptors (Lipinski definition) is 3. The number of aromatic nitrogens is 2. The van der Waals surface area contributed by atoms with Crippen LogP contribution in [0.4, 0.5) is 0 Å². The van der Waals surface area contributed by atoms with Crippen molar-refractivity contribution in [3.8, 4) is 0 Å². The smallest absolute Gasteiger partial charge is 0.337 e. The fourth-order valence-electron chi connectivity index (χ4n) is 1.75. The normalized spacial score (nSPS) is 11.4. The summed E-state index contributed by atoms with van der Waals surface area (Å²) in [4.78, 5) is 15.4. The van der Waals surface area contributed by atoms with Gasteiger partial charge in [0.1, 0.15) is 0 Å². The summed E-state index contributed by atoms with van der Waals surface area (Å²) in [5.74, 6) is -0.0271. The van der Waals surface area contributed by atoms with Gasteiger partial charge in [0, 0.05) is 18.9 Å². The summed E-state index contributed by atoms with van der Waals surface area (Å²) in [5, 5.41) is 0. The lowest BCUT2D eigenvalue weighted by Gasteiger charge is -2.13. The average molecular weight is 334 g/mol. The SMILES string of the molecule is COC(=O)c1ccc(Cn2ccnc2C(Cl)(Cl)Cl)cc1. The van der Waals surface area contributed by atoms with Gasteiger partial charge in [-0.15, -0.1) is 0 Å². The van der Waals surface area contributed by atoms with E-state index >= 15 is 0 Å². The third-order valence-corrected chi connectivity index (χ3v) is 3.20. The van der Waals surface area contributed by atoms with Gasteiger partial charge in [-0.05, 0) is 17.7 Å². The molecule has 0 spiro atoms. The number of esters is 1. The van der Waals surface area contributed by atoms with Crippen LogP contribution in [0.2, 0.25) is 0 Å². The van der Waals surface area contributed by atoms with Crippen molar-refractivity contribution in [1.82, 2.24) is 9.55 Å². The molecule has 0 saturated heterocycles. The van der Waals surface area contributed by atoms with E-state index in [0.29, 0.717) is 17.9 Å². The van der Waals surface area contributed by atoms with Crippen molar-refractivity contribution in [2.24, 2.45) is 0 Å². The molecule has 7 heteroatoms. The zero-order chi connectivity index (χ0) is 14.8. The first-order chi connectivity index (χ1) is 9.41. The van der Waals surface area contributed by atoms with Crippen LogP contribution in [0.5, 0.6) is 0 Å². The van der Waals surface area contributed by atoms with Crippen molar-refractivity contribution in [3.63, 3.8) is 0 Å². The molecular weight excluding hydrogens is 323 g/mol. The molecule has 1 aromatic heterocycles. The third-order valence-electron chi connectivity index (χ3n) is 2.70. The lowest BCUT2D eigenvalue weighted by Crippen LogP contribution is -2.12. The molecule has 0 fully saturated rings. The molecule has 20 heavy (non-hydrogen) atoms. The number of imidazole rings is 1. The first kappa shape index (κ1) is 15.2. The van der Waals surface area contributed by atoms with Crippen LogP contribution in [0, 0.1) is 0 Å². The first-order valence-corrected chi connectivity index (χ1v) is 6.81. The molecule has 2 aromatic rings. The molecule has 0 bridgehead atoms. The largest absolute Gasteiger partial charge is 0.465 e. The molecule has 0 radical (unpaired) electrons. The van der Waals surface area contributed by atoms with E-state index in [-0.39, 0.29) is 5.97 Å². The second kappa shape index (κ2) is 6.04. The second-order valence-corrected chi connectivity index (χ2v) is 6.35. The standard InChI is InChI=1S/C13H11Cl3N2O2/c1-20-11(19)10-4-2-9(3-5-10)8-18-7-6-17-12(18)13(14,15)16/h2-7H,8H2,1H3. The van der Waals surface area contributed by atoms with Gasteiger partial charge in [-0.1, -0.05) is 46.9 Å². The highest BCUT2D eigenvalue weighted by molar-refractivity contribution is 6.66. The van der Waals surface area contributed by atoms with Crippen molar-refractivity contribution >= 4 is 40.8 Å². The number of benzene rings is 1. The Morgan fingerprint density at radius 1 is 1.30 bits per heavy atom. The van der Waals surface area contributed by atoms with E-state index in [1.807, 2.05) is 12.1 Å². The molecule has 1 heterocycles. The van der Waals surface area contributed by atoms with Gasteiger partial charge in [0.15, 0.2) is 5.82 Å². The Morgan fingerprint density at radius 2 is 1.95 bits per heavy atom. The number of ether oxygens (including phenoxy) is 1. The molecule has 0 unspecified atom stereocenters. The molecule has 106 valence electrons. The van der Waals surface area contributed by atoms with E-state index in [4.69, 9.17) is 34.8 Å². The predicted octanol–water partition coefficient (Wildman–Crippen LogP) is 3.54. The Bertz CT molecular complexity index is 603. The molecule has 4 nitrogen and oxygen atoms in total. The minimum atomic E-state index is -1.57. The van der Waals surface area contributed by atoms with Gasteiger partial charge in [0.25, 0.3) is 0 Å². The van der Waals surface area contributed by atoms with Crippen LogP contribution in [-0.2, 0) is 15.1 Å². The topological polar surface area (TPSA) is 44.1 Å². The molecule has 0 saturated carbocycles. The van der Waals surface area contributed by atoms with Gasteiger partial charge in [-0.2, -0.15) is 0 Å². The van der Waals surface area contributed by atoms with Gasteiger partial charge in [0.05, 0.1) is 12.7 Å². The van der Waals surface area contributed by atoms with Crippen LogP contribution >= 0.6 is 34.8 Å². The van der Waals surface area contributed by atoms with Crippen LogP contribution in [0.1, 0.15) is 21.7 Å². The molecule has 0 N–H and O–H groups in total. The van der Waals surface area contributed by atoms with Crippen LogP contribution in [0.3, 0.4) is 0 Å². The lowest BCUT2D eigenvalue weighted by atomic mass is 10.1. The molecule has 0 amide bonds. The highest BCUT2D eigenvalue weighted by Crippen LogP contribution is 2.37. The van der Waals surface area contributed by atoms with Gasteiger partial charge < -0.3 is 9.30 Å². The quantitative estimate of drug-likeness (QED) is 0.637. The molecular formula is C13H11Cl3N2O2. The zero-order valence-electron chi connectivity index (χ0n) is 10.5. The number of carbonyl (C=O) groups excluding carboxylic acids is 1. The van der Waals surface area contributed by atoms with Crippen molar-refractivity contribution in [2.45, 2.75) is 10.3 Å². The van der Waals surface area contributed by atoms with Gasteiger partial charge >= 0.3 is 5.97 Å². The number of hydrogen-bond donors (Lipinski definition) is 0. The van der Waals surface area contributed by atoms with Gasteiger partial charge in [-0.3, -0.25) is 0 Å². The van der Waals surface area contributed by atoms with E-state index in [9.17, 15) is 4.79 Å². The summed E-state index contributed by atoms with van der Waals surface area (Å²) in [7, 11) is 1.34. The Balaban J connectivity index is 2.19. The number of halogens is 3. The van der Waals surface area contributed by atoms with Gasteiger partial charge in [-0.25, -0.2) is 9.78 Å². The average Bonchev–Trinajstić information content (AvgIpc) is 2.87. The summed E-state index contributed by atoms with van der Waals surface area (Å²) < 4.78 is 4.80. The first-order valence-electron chi connectivity index (χ1n) is 5.67. The van der Waals surface area contributed by atoms with Crippen LogP contribution in [0.15, 0.2) is 36.7 Å². The maximum atomic E-state index is 11.3. The summed E-state index contributed by atoms with van der Waals surface area (Å²) in [5.41, 5.74) is 1.44. The third kappa shape index (κ3) is 3.45. The number of nitrogens with zero attached hydrogens (tertiary/aromatic N) is 2. The van der Waals surface area contributed by atoms with Gasteiger partial charge in [0.2, 0.25) is 3.79 Å². The Kier molecular flexibility index (Phi) is 4.58. The Morgan fingerprint density at radius 3 is 2.50 bits per heavy atom. The molecule has 2 rings (SSSR count). The fourth-order valence-corrected chi connectivity index (χ4v) is 2.23. The summed E-state index contributed by atoms with van der Waals surface area (Å²) in [6.07, 6.45) is 3.30. The maximum absolute atomic E-state index is 11.3. The number of methoxy groups -OCH3 is 1. The Labute approximate surface area is 131 Å². The number of rotatable bonds is 3. The van der Waals surface area contributed by atoms with E-state index in [2.05, 4.69) is 9.72 Å². The summed E-state index contributed by atoms with van der Waals surface area (Å²) in [6, 6.07) is 7.00. The van der Waals surface area contributed by atoms with Crippen LogP contribution in [0.25, 0.3) is 0 Å². The fraction of sp³-hybridized carbons (Fsp3) is 0.231. The van der Waals surface area contributed by atoms with E-state index < -0.39 is 3.79 Å². The Hall–Kier alpha value is -1.23. The van der Waals surface area contributed by atoms with Crippen molar-refractivity contribution in [2.75, 3.05) is 7.11 Å². The highest BCUT2D eigenvalue weighted by atomic mass is 35.6. The molecule has 0 atom stereocenters. The van der Waals surface area contributed by atoms with E-state index in [0.717, 1.165) is 5.56 Å². The highest BCUT2D eigenvalue weighted by Gasteiger charge is 2.28. The predicted molar refractivity (Wildman–Crippen MR) is 78.3 cm³/mol. The van der Waals surface area contributed by atoms with Crippen LogP contribution < -0.4 is 0 Å². The van der Waals surface area contributed by atoms with Crippen molar-refractivity contribution in [1.29, 1.82) is 0 Å². The summed E-state index contributed by atoms with van der Waals surface area (Å²) in [6.45, 7) is 0.491. The zero-order valence-corrected chi connectivity index (χ0v) is 12.8. The van der Waals surface area contributed by atoms with E-state index in [1.165, 1.54) is 7.11 Å². The molecule has 0 aliphatic rings. The number of carbonyl (C=O) groups is 1. The molecule has 1 aromatic carbocycles. The minimum Gasteiger partial charge on any atom is -0.465 e. The van der Waals surface area contributed by atoms with Crippen molar-refractivity contribution in [3.05, 3.63) is 53.6 Å². The maximum Gasteiger partial charge on any atom is 0.337 e. The molecule has 0 aliphatic heterocycles. The monoisotopic (exact) mass is 332 g/mol. The molecule has 0 aliphatic carbocycles. The minimum absolute atomic E-state index is 0.347. The lowest BCUT2D eigenvalue weighted by molar-refractivity contribution is 0.0600. The second-order valence-electron chi connectivity index (χ2n) is 4.07. The van der Waals surface area contributed by atoms with Crippen molar-refractivity contribution < 1.29 is 9.53 Å². The van der Waals surface area contributed by atoms with E-state index in [1.54, 1.807) is 29.1 Å².